The molecule has 4 rings (SSSR count). The number of aromatic nitrogens is 3. The maximum absolute atomic E-state index is 12.5. The van der Waals surface area contributed by atoms with E-state index in [-0.39, 0.29) is 5.91 Å². The van der Waals surface area contributed by atoms with Crippen molar-refractivity contribution in [3.05, 3.63) is 77.3 Å². The average Bonchev–Trinajstić information content (AvgIpc) is 3.44. The van der Waals surface area contributed by atoms with E-state index in [0.29, 0.717) is 22.4 Å². The summed E-state index contributed by atoms with van der Waals surface area (Å²) in [5, 5.41) is 9.97. The highest BCUT2D eigenvalue weighted by molar-refractivity contribution is 7.12. The van der Waals surface area contributed by atoms with Gasteiger partial charge in [-0.15, -0.1) is 11.3 Å². The van der Waals surface area contributed by atoms with Crippen LogP contribution in [0.15, 0.2) is 66.1 Å². The Kier molecular flexibility index (Phi) is 6.32. The lowest BCUT2D eigenvalue weighted by atomic mass is 10.1. The molecule has 2 heterocycles. The third-order valence-electron chi connectivity index (χ3n) is 4.66. The number of thiazole rings is 1. The van der Waals surface area contributed by atoms with Gasteiger partial charge < -0.3 is 14.8 Å². The van der Waals surface area contributed by atoms with E-state index >= 15 is 0 Å². The van der Waals surface area contributed by atoms with Gasteiger partial charge in [-0.25, -0.2) is 4.98 Å². The Morgan fingerprint density at radius 3 is 2.59 bits per heavy atom. The zero-order chi connectivity index (χ0) is 22.5. The summed E-state index contributed by atoms with van der Waals surface area (Å²) in [4.78, 5) is 17.2. The second-order valence-electron chi connectivity index (χ2n) is 6.90. The minimum Gasteiger partial charge on any atom is -0.493 e. The van der Waals surface area contributed by atoms with E-state index in [9.17, 15) is 4.79 Å². The normalized spacial score (nSPS) is 11.0. The highest BCUT2D eigenvalue weighted by atomic mass is 32.1. The van der Waals surface area contributed by atoms with Crippen molar-refractivity contribution in [1.82, 2.24) is 14.8 Å². The highest BCUT2D eigenvalue weighted by Gasteiger charge is 2.15. The van der Waals surface area contributed by atoms with E-state index in [0.717, 1.165) is 22.5 Å². The zero-order valence-corrected chi connectivity index (χ0v) is 18.7. The van der Waals surface area contributed by atoms with Gasteiger partial charge in [-0.3, -0.25) is 4.79 Å². The molecule has 0 saturated heterocycles. The molecule has 2 aromatic carbocycles. The molecule has 0 aliphatic heterocycles. The van der Waals surface area contributed by atoms with Gasteiger partial charge in [-0.2, -0.15) is 9.78 Å². The lowest BCUT2D eigenvalue weighted by Gasteiger charge is -2.08. The van der Waals surface area contributed by atoms with E-state index in [1.807, 2.05) is 66.9 Å². The first-order chi connectivity index (χ1) is 15.6. The fraction of sp³-hybridized carbons (Fsp3) is 0.125. The fourth-order valence-corrected chi connectivity index (χ4v) is 3.92. The monoisotopic (exact) mass is 446 g/mol. The second-order valence-corrected chi connectivity index (χ2v) is 7.74. The van der Waals surface area contributed by atoms with Crippen molar-refractivity contribution in [2.75, 3.05) is 19.5 Å². The number of hydrogen-bond acceptors (Lipinski definition) is 6. The Morgan fingerprint density at radius 1 is 1.06 bits per heavy atom. The van der Waals surface area contributed by atoms with Gasteiger partial charge in [0.1, 0.15) is 5.82 Å². The Balaban J connectivity index is 1.56. The van der Waals surface area contributed by atoms with Gasteiger partial charge in [0.25, 0.3) is 0 Å². The smallest absolute Gasteiger partial charge is 0.249 e. The summed E-state index contributed by atoms with van der Waals surface area (Å²) in [6.07, 6.45) is 3.26. The first-order valence-electron chi connectivity index (χ1n) is 9.86. The predicted molar refractivity (Wildman–Crippen MR) is 127 cm³/mol. The van der Waals surface area contributed by atoms with E-state index in [2.05, 4.69) is 10.4 Å². The molecule has 32 heavy (non-hydrogen) atoms. The molecule has 1 N–H and O–H groups in total. The SMILES string of the molecule is COc1ccc(-c2csc(-n3nc(C)cc3NC(=O)C=Cc3ccccc3)n2)cc1OC. The number of nitrogens with one attached hydrogen (secondary N) is 1. The van der Waals surface area contributed by atoms with Gasteiger partial charge in [-0.1, -0.05) is 30.3 Å². The number of benzene rings is 2. The third kappa shape index (κ3) is 4.70. The summed E-state index contributed by atoms with van der Waals surface area (Å²) in [7, 11) is 3.20. The van der Waals surface area contributed by atoms with Crippen LogP contribution in [-0.2, 0) is 4.79 Å². The van der Waals surface area contributed by atoms with Crippen LogP contribution in [0.25, 0.3) is 22.5 Å². The number of carbonyl (C=O) groups is 1. The van der Waals surface area contributed by atoms with Crippen molar-refractivity contribution < 1.29 is 14.3 Å². The van der Waals surface area contributed by atoms with Crippen LogP contribution in [-0.4, -0.2) is 34.9 Å². The van der Waals surface area contributed by atoms with Crippen LogP contribution in [0.1, 0.15) is 11.3 Å². The molecule has 0 atom stereocenters. The van der Waals surface area contributed by atoms with Crippen LogP contribution in [0, 0.1) is 6.92 Å². The fourth-order valence-electron chi connectivity index (χ4n) is 3.13. The minimum absolute atomic E-state index is 0.244. The van der Waals surface area contributed by atoms with E-state index in [4.69, 9.17) is 14.5 Å². The molecule has 0 spiro atoms. The summed E-state index contributed by atoms with van der Waals surface area (Å²) in [5.74, 6) is 1.60. The lowest BCUT2D eigenvalue weighted by molar-refractivity contribution is -0.111. The van der Waals surface area contributed by atoms with Crippen LogP contribution in [0.5, 0.6) is 11.5 Å². The van der Waals surface area contributed by atoms with Gasteiger partial charge in [-0.05, 0) is 36.8 Å². The molecule has 1 amide bonds. The standard InChI is InChI=1S/C24H22N4O3S/c1-16-13-22(26-23(29)12-9-17-7-5-4-6-8-17)28(27-16)24-25-19(15-32-24)18-10-11-20(30-2)21(14-18)31-3/h4-15H,1-3H3,(H,26,29). The molecule has 4 aromatic rings. The van der Waals surface area contributed by atoms with Crippen LogP contribution >= 0.6 is 11.3 Å². The van der Waals surface area contributed by atoms with Gasteiger partial charge in [0, 0.05) is 23.1 Å². The summed E-state index contributed by atoms with van der Waals surface area (Å²) in [6.45, 7) is 1.87. The summed E-state index contributed by atoms with van der Waals surface area (Å²) >= 11 is 1.43. The number of anilines is 1. The van der Waals surface area contributed by atoms with Crippen LogP contribution < -0.4 is 14.8 Å². The molecule has 162 valence electrons. The highest BCUT2D eigenvalue weighted by Crippen LogP contribution is 2.33. The molecule has 7 nitrogen and oxygen atoms in total. The van der Waals surface area contributed by atoms with Gasteiger partial charge in [0.2, 0.25) is 11.0 Å². The Labute approximate surface area is 190 Å². The zero-order valence-electron chi connectivity index (χ0n) is 17.9. The van der Waals surface area contributed by atoms with Crippen molar-refractivity contribution in [1.29, 1.82) is 0 Å². The molecule has 0 aliphatic carbocycles. The summed E-state index contributed by atoms with van der Waals surface area (Å²) in [6, 6.07) is 17.1. The van der Waals surface area contributed by atoms with Crippen LogP contribution in [0.2, 0.25) is 0 Å². The van der Waals surface area contributed by atoms with Crippen molar-refractivity contribution in [2.45, 2.75) is 6.92 Å². The summed E-state index contributed by atoms with van der Waals surface area (Å²) in [5.41, 5.74) is 3.40. The molecule has 0 bridgehead atoms. The molecule has 0 fully saturated rings. The Morgan fingerprint density at radius 2 is 1.84 bits per heavy atom. The predicted octanol–water partition coefficient (Wildman–Crippen LogP) is 4.97. The number of aryl methyl sites for hydroxylation is 1. The van der Waals surface area contributed by atoms with Crippen molar-refractivity contribution >= 4 is 29.1 Å². The van der Waals surface area contributed by atoms with Crippen molar-refractivity contribution in [3.8, 4) is 27.9 Å². The van der Waals surface area contributed by atoms with Crippen LogP contribution in [0.3, 0.4) is 0 Å². The number of rotatable bonds is 7. The summed E-state index contributed by atoms with van der Waals surface area (Å²) < 4.78 is 12.3. The molecule has 0 radical (unpaired) electrons. The first kappa shape index (κ1) is 21.3. The number of nitrogens with zero attached hydrogens (tertiary/aromatic N) is 3. The lowest BCUT2D eigenvalue weighted by Crippen LogP contribution is -2.12. The molecule has 2 aromatic heterocycles. The largest absolute Gasteiger partial charge is 0.493 e. The van der Waals surface area contributed by atoms with Gasteiger partial charge in [0.05, 0.1) is 25.6 Å². The number of hydrogen-bond donors (Lipinski definition) is 1. The van der Waals surface area contributed by atoms with Gasteiger partial charge >= 0.3 is 0 Å². The van der Waals surface area contributed by atoms with Crippen LogP contribution in [0.4, 0.5) is 5.82 Å². The number of methoxy groups -OCH3 is 2. The number of carbonyl (C=O) groups excluding carboxylic acids is 1. The van der Waals surface area contributed by atoms with Crippen molar-refractivity contribution in [2.24, 2.45) is 0 Å². The molecular weight excluding hydrogens is 424 g/mol. The Hall–Kier alpha value is -3.91. The third-order valence-corrected chi connectivity index (χ3v) is 5.48. The van der Waals surface area contributed by atoms with Gasteiger partial charge in [0.15, 0.2) is 11.5 Å². The van der Waals surface area contributed by atoms with E-state index in [1.54, 1.807) is 25.0 Å². The second kappa shape index (κ2) is 9.49. The number of ether oxygens (including phenoxy) is 2. The Bertz CT molecular complexity index is 1260. The van der Waals surface area contributed by atoms with E-state index < -0.39 is 0 Å². The first-order valence-corrected chi connectivity index (χ1v) is 10.7. The minimum atomic E-state index is -0.244. The topological polar surface area (TPSA) is 78.3 Å². The molecule has 0 unspecified atom stereocenters. The molecule has 8 heteroatoms. The van der Waals surface area contributed by atoms with E-state index in [1.165, 1.54) is 17.4 Å². The average molecular weight is 447 g/mol. The van der Waals surface area contributed by atoms with Crippen molar-refractivity contribution in [3.63, 3.8) is 0 Å². The maximum atomic E-state index is 12.5. The molecule has 0 saturated carbocycles. The molecule has 0 aliphatic rings. The molecular formula is C24H22N4O3S. The maximum Gasteiger partial charge on any atom is 0.249 e. The number of amides is 1. The quantitative estimate of drug-likeness (QED) is 0.406.